The van der Waals surface area contributed by atoms with Gasteiger partial charge in [-0.1, -0.05) is 6.07 Å². The molecule has 0 unspecified atom stereocenters. The Morgan fingerprint density at radius 3 is 1.91 bits per heavy atom. The van der Waals surface area contributed by atoms with E-state index in [9.17, 15) is 8.42 Å². The molecule has 0 amide bonds. The number of sulfonamides is 1. The van der Waals surface area contributed by atoms with Gasteiger partial charge in [0.2, 0.25) is 0 Å². The molecule has 3 rings (SSSR count). The fourth-order valence-corrected chi connectivity index (χ4v) is 5.10. The largest absolute Gasteiger partial charge is 0.497 e. The fraction of sp³-hybridized carbons (Fsp3) is 0.250. The first-order valence-corrected chi connectivity index (χ1v) is 11.3. The van der Waals surface area contributed by atoms with Crippen molar-refractivity contribution < 1.29 is 27.4 Å². The fourth-order valence-electron chi connectivity index (χ4n) is 3.47. The third-order valence-corrected chi connectivity index (χ3v) is 7.08. The SMILES string of the molecule is COc1ccc(S(=O)(=O)N(c2cccc(OC)c2)[C@H](C)c2cc(OC)ccc2OC)cc1. The zero-order valence-electron chi connectivity index (χ0n) is 18.7. The van der Waals surface area contributed by atoms with Crippen LogP contribution in [0.3, 0.4) is 0 Å². The van der Waals surface area contributed by atoms with Gasteiger partial charge in [0.1, 0.15) is 23.0 Å². The van der Waals surface area contributed by atoms with Crippen LogP contribution in [0, 0.1) is 0 Å². The van der Waals surface area contributed by atoms with Gasteiger partial charge in [-0.3, -0.25) is 4.31 Å². The molecular weight excluding hydrogens is 430 g/mol. The summed E-state index contributed by atoms with van der Waals surface area (Å²) in [6.45, 7) is 1.80. The zero-order chi connectivity index (χ0) is 23.3. The topological polar surface area (TPSA) is 74.3 Å². The van der Waals surface area contributed by atoms with Crippen LogP contribution in [0.4, 0.5) is 5.69 Å². The van der Waals surface area contributed by atoms with Crippen LogP contribution in [0.1, 0.15) is 18.5 Å². The average molecular weight is 458 g/mol. The van der Waals surface area contributed by atoms with Gasteiger partial charge < -0.3 is 18.9 Å². The third kappa shape index (κ3) is 4.60. The monoisotopic (exact) mass is 457 g/mol. The Morgan fingerprint density at radius 1 is 0.719 bits per heavy atom. The van der Waals surface area contributed by atoms with Crippen LogP contribution < -0.4 is 23.3 Å². The van der Waals surface area contributed by atoms with Crippen molar-refractivity contribution in [2.75, 3.05) is 32.7 Å². The van der Waals surface area contributed by atoms with E-state index in [2.05, 4.69) is 0 Å². The maximum absolute atomic E-state index is 13.9. The molecule has 0 saturated heterocycles. The van der Waals surface area contributed by atoms with Gasteiger partial charge in [-0.05, 0) is 61.5 Å². The average Bonchev–Trinajstić information content (AvgIpc) is 2.83. The summed E-state index contributed by atoms with van der Waals surface area (Å²) in [7, 11) is 2.21. The maximum atomic E-state index is 13.9. The van der Waals surface area contributed by atoms with Gasteiger partial charge in [0.25, 0.3) is 10.0 Å². The van der Waals surface area contributed by atoms with E-state index >= 15 is 0 Å². The lowest BCUT2D eigenvalue weighted by molar-refractivity contribution is 0.396. The number of hydrogen-bond acceptors (Lipinski definition) is 6. The number of nitrogens with zero attached hydrogens (tertiary/aromatic N) is 1. The van der Waals surface area contributed by atoms with Gasteiger partial charge in [0.15, 0.2) is 0 Å². The lowest BCUT2D eigenvalue weighted by Crippen LogP contribution is -2.34. The van der Waals surface area contributed by atoms with Crippen LogP contribution in [0.15, 0.2) is 71.6 Å². The van der Waals surface area contributed by atoms with Gasteiger partial charge >= 0.3 is 0 Å². The molecule has 0 fully saturated rings. The smallest absolute Gasteiger partial charge is 0.264 e. The Bertz CT molecular complexity index is 1160. The maximum Gasteiger partial charge on any atom is 0.264 e. The summed E-state index contributed by atoms with van der Waals surface area (Å²) in [5.41, 5.74) is 1.12. The van der Waals surface area contributed by atoms with E-state index in [-0.39, 0.29) is 4.90 Å². The molecule has 0 radical (unpaired) electrons. The summed E-state index contributed by atoms with van der Waals surface area (Å²) in [6.07, 6.45) is 0. The van der Waals surface area contributed by atoms with Crippen LogP contribution in [0.2, 0.25) is 0 Å². The molecule has 0 N–H and O–H groups in total. The molecule has 8 heteroatoms. The molecule has 7 nitrogen and oxygen atoms in total. The van der Waals surface area contributed by atoms with Crippen LogP contribution in [0.5, 0.6) is 23.0 Å². The third-order valence-electron chi connectivity index (χ3n) is 5.16. The summed E-state index contributed by atoms with van der Waals surface area (Å²) >= 11 is 0. The normalized spacial score (nSPS) is 12.0. The van der Waals surface area contributed by atoms with E-state index in [4.69, 9.17) is 18.9 Å². The molecule has 3 aromatic carbocycles. The van der Waals surface area contributed by atoms with E-state index in [1.807, 2.05) is 0 Å². The van der Waals surface area contributed by atoms with E-state index in [1.165, 1.54) is 30.7 Å². The van der Waals surface area contributed by atoms with Crippen LogP contribution in [0.25, 0.3) is 0 Å². The minimum atomic E-state index is -3.97. The first-order valence-electron chi connectivity index (χ1n) is 9.90. The van der Waals surface area contributed by atoms with Crippen molar-refractivity contribution >= 4 is 15.7 Å². The minimum Gasteiger partial charge on any atom is -0.497 e. The van der Waals surface area contributed by atoms with Crippen molar-refractivity contribution in [1.82, 2.24) is 0 Å². The van der Waals surface area contributed by atoms with E-state index < -0.39 is 16.1 Å². The highest BCUT2D eigenvalue weighted by molar-refractivity contribution is 7.92. The van der Waals surface area contributed by atoms with Crippen molar-refractivity contribution in [2.45, 2.75) is 17.9 Å². The van der Waals surface area contributed by atoms with Crippen molar-refractivity contribution in [1.29, 1.82) is 0 Å². The van der Waals surface area contributed by atoms with Crippen LogP contribution >= 0.6 is 0 Å². The lowest BCUT2D eigenvalue weighted by atomic mass is 10.1. The van der Waals surface area contributed by atoms with Crippen molar-refractivity contribution in [3.8, 4) is 23.0 Å². The Morgan fingerprint density at radius 2 is 1.31 bits per heavy atom. The molecule has 0 aromatic heterocycles. The summed E-state index contributed by atoms with van der Waals surface area (Å²) in [5.74, 6) is 2.26. The van der Waals surface area contributed by atoms with Gasteiger partial charge in [-0.15, -0.1) is 0 Å². The Balaban J connectivity index is 2.21. The number of hydrogen-bond donors (Lipinski definition) is 0. The second-order valence-corrected chi connectivity index (χ2v) is 8.78. The molecule has 0 spiro atoms. The van der Waals surface area contributed by atoms with Gasteiger partial charge in [0, 0.05) is 11.6 Å². The summed E-state index contributed by atoms with van der Waals surface area (Å²) in [6, 6.07) is 17.9. The van der Waals surface area contributed by atoms with Crippen LogP contribution in [-0.4, -0.2) is 36.9 Å². The Hall–Kier alpha value is -3.39. The molecule has 3 aromatic rings. The summed E-state index contributed by atoms with van der Waals surface area (Å²) in [5, 5.41) is 0. The predicted octanol–water partition coefficient (Wildman–Crippen LogP) is 4.68. The Labute approximate surface area is 189 Å². The minimum absolute atomic E-state index is 0.134. The second-order valence-electron chi connectivity index (χ2n) is 6.96. The molecule has 0 aliphatic heterocycles. The van der Waals surface area contributed by atoms with Crippen molar-refractivity contribution in [2.24, 2.45) is 0 Å². The molecule has 1 atom stereocenters. The van der Waals surface area contributed by atoms with Gasteiger partial charge in [0.05, 0.1) is 45.1 Å². The number of ether oxygens (including phenoxy) is 4. The highest BCUT2D eigenvalue weighted by Gasteiger charge is 2.32. The molecule has 170 valence electrons. The number of anilines is 1. The van der Waals surface area contributed by atoms with Gasteiger partial charge in [-0.25, -0.2) is 8.42 Å². The zero-order valence-corrected chi connectivity index (χ0v) is 19.5. The van der Waals surface area contributed by atoms with Crippen molar-refractivity contribution in [3.05, 3.63) is 72.3 Å². The number of rotatable bonds is 9. The molecule has 0 saturated carbocycles. The molecule has 0 heterocycles. The number of methoxy groups -OCH3 is 4. The van der Waals surface area contributed by atoms with Crippen LogP contribution in [-0.2, 0) is 10.0 Å². The van der Waals surface area contributed by atoms with Crippen molar-refractivity contribution in [3.63, 3.8) is 0 Å². The highest BCUT2D eigenvalue weighted by Crippen LogP contribution is 2.39. The van der Waals surface area contributed by atoms with E-state index in [0.717, 1.165) is 0 Å². The molecule has 0 aliphatic carbocycles. The highest BCUT2D eigenvalue weighted by atomic mass is 32.2. The predicted molar refractivity (Wildman–Crippen MR) is 124 cm³/mol. The lowest BCUT2D eigenvalue weighted by Gasteiger charge is -2.32. The number of benzene rings is 3. The second kappa shape index (κ2) is 9.82. The Kier molecular flexibility index (Phi) is 7.15. The summed E-state index contributed by atoms with van der Waals surface area (Å²) in [4.78, 5) is 0.134. The van der Waals surface area contributed by atoms with Gasteiger partial charge in [-0.2, -0.15) is 0 Å². The summed E-state index contributed by atoms with van der Waals surface area (Å²) < 4.78 is 50.5. The standard InChI is InChI=1S/C24H27NO6S/c1-17(23-16-21(30-4)11-14-24(23)31-5)25(18-7-6-8-20(15-18)29-3)32(26,27)22-12-9-19(28-2)10-13-22/h6-17H,1-5H3/t17-/m1/s1. The molecule has 32 heavy (non-hydrogen) atoms. The molecule has 0 aliphatic rings. The first-order chi connectivity index (χ1) is 15.3. The molecule has 0 bridgehead atoms. The quantitative estimate of drug-likeness (QED) is 0.465. The molecular formula is C24H27NO6S. The van der Waals surface area contributed by atoms with E-state index in [0.29, 0.717) is 34.2 Å². The van der Waals surface area contributed by atoms with E-state index in [1.54, 1.807) is 75.7 Å². The first kappa shape index (κ1) is 23.3.